The predicted molar refractivity (Wildman–Crippen MR) is 80.2 cm³/mol. The summed E-state index contributed by atoms with van der Waals surface area (Å²) in [6.45, 7) is 0. The molecule has 1 aromatic heterocycles. The molecule has 1 amide bonds. The number of anilines is 1. The average molecular weight is 317 g/mol. The summed E-state index contributed by atoms with van der Waals surface area (Å²) in [5.74, 6) is 0.150. The highest BCUT2D eigenvalue weighted by Crippen LogP contribution is 2.31. The van der Waals surface area contributed by atoms with E-state index in [2.05, 4.69) is 20.6 Å². The Morgan fingerprint density at radius 1 is 1.30 bits per heavy atom. The lowest BCUT2D eigenvalue weighted by molar-refractivity contribution is -0.117. The van der Waals surface area contributed by atoms with E-state index in [-0.39, 0.29) is 27.4 Å². The fourth-order valence-corrected chi connectivity index (χ4v) is 2.94. The fourth-order valence-electron chi connectivity index (χ4n) is 2.66. The van der Waals surface area contributed by atoms with Crippen LogP contribution in [0.3, 0.4) is 0 Å². The molecule has 0 unspecified atom stereocenters. The number of nitrogens with one attached hydrogen (secondary N) is 2. The first-order valence-corrected chi connectivity index (χ1v) is 7.47. The van der Waals surface area contributed by atoms with Crippen LogP contribution in [0, 0.1) is 0 Å². The van der Waals surface area contributed by atoms with Crippen LogP contribution in [0.15, 0.2) is 6.33 Å². The van der Waals surface area contributed by atoms with Crippen molar-refractivity contribution in [1.29, 1.82) is 0 Å². The zero-order valence-electron chi connectivity index (χ0n) is 11.4. The van der Waals surface area contributed by atoms with Gasteiger partial charge in [-0.25, -0.2) is 9.97 Å². The number of nitrogens with zero attached hydrogens (tertiary/aromatic N) is 2. The second-order valence-electron chi connectivity index (χ2n) is 5.14. The highest BCUT2D eigenvalue weighted by molar-refractivity contribution is 6.42. The van der Waals surface area contributed by atoms with Gasteiger partial charge in [-0.15, -0.1) is 0 Å². The minimum Gasteiger partial charge on any atom is -0.314 e. The van der Waals surface area contributed by atoms with Gasteiger partial charge in [-0.05, 0) is 19.9 Å². The predicted octanol–water partition coefficient (Wildman–Crippen LogP) is 3.03. The minimum atomic E-state index is -0.119. The van der Waals surface area contributed by atoms with Crippen molar-refractivity contribution in [2.75, 3.05) is 12.4 Å². The summed E-state index contributed by atoms with van der Waals surface area (Å²) in [4.78, 5) is 19.9. The highest BCUT2D eigenvalue weighted by atomic mass is 35.5. The van der Waals surface area contributed by atoms with Gasteiger partial charge < -0.3 is 10.6 Å². The number of halogens is 2. The van der Waals surface area contributed by atoms with E-state index in [4.69, 9.17) is 23.2 Å². The SMILES string of the molecule is CNC1(CC(=O)Nc2ncnc(Cl)c2Cl)CCCCC1. The van der Waals surface area contributed by atoms with Gasteiger partial charge in [-0.1, -0.05) is 42.5 Å². The average Bonchev–Trinajstić information content (AvgIpc) is 2.45. The maximum atomic E-state index is 12.2. The van der Waals surface area contributed by atoms with Crippen molar-refractivity contribution in [3.63, 3.8) is 0 Å². The molecule has 0 bridgehead atoms. The first kappa shape index (κ1) is 15.5. The normalized spacial score (nSPS) is 17.8. The van der Waals surface area contributed by atoms with Crippen LogP contribution in [-0.4, -0.2) is 28.5 Å². The standard InChI is InChI=1S/C13H18Cl2N4O/c1-16-13(5-3-2-4-6-13)7-9(20)19-12-10(14)11(15)17-8-18-12/h8,16H,2-7H2,1H3,(H,17,18,19,20). The summed E-state index contributed by atoms with van der Waals surface area (Å²) >= 11 is 11.8. The van der Waals surface area contributed by atoms with E-state index < -0.39 is 0 Å². The second-order valence-corrected chi connectivity index (χ2v) is 5.88. The molecule has 0 saturated heterocycles. The molecular weight excluding hydrogens is 299 g/mol. The second kappa shape index (κ2) is 6.70. The number of carbonyl (C=O) groups is 1. The Labute approximate surface area is 128 Å². The highest BCUT2D eigenvalue weighted by Gasteiger charge is 2.32. The third-order valence-corrected chi connectivity index (χ3v) is 4.59. The Bertz CT molecular complexity index is 489. The van der Waals surface area contributed by atoms with Crippen molar-refractivity contribution < 1.29 is 4.79 Å². The van der Waals surface area contributed by atoms with Crippen LogP contribution in [-0.2, 0) is 4.79 Å². The lowest BCUT2D eigenvalue weighted by Gasteiger charge is -2.36. The molecule has 2 rings (SSSR count). The van der Waals surface area contributed by atoms with E-state index in [1.807, 2.05) is 7.05 Å². The quantitative estimate of drug-likeness (QED) is 0.838. The smallest absolute Gasteiger partial charge is 0.227 e. The molecule has 20 heavy (non-hydrogen) atoms. The van der Waals surface area contributed by atoms with E-state index >= 15 is 0 Å². The zero-order chi connectivity index (χ0) is 14.6. The van der Waals surface area contributed by atoms with Crippen LogP contribution >= 0.6 is 23.2 Å². The zero-order valence-corrected chi connectivity index (χ0v) is 12.9. The Hall–Kier alpha value is -0.910. The van der Waals surface area contributed by atoms with Gasteiger partial charge in [0, 0.05) is 12.0 Å². The van der Waals surface area contributed by atoms with Crippen LogP contribution < -0.4 is 10.6 Å². The van der Waals surface area contributed by atoms with Gasteiger partial charge in [-0.3, -0.25) is 4.79 Å². The molecule has 5 nitrogen and oxygen atoms in total. The molecule has 1 aromatic rings. The number of amides is 1. The van der Waals surface area contributed by atoms with E-state index in [1.54, 1.807) is 0 Å². The number of hydrogen-bond acceptors (Lipinski definition) is 4. The summed E-state index contributed by atoms with van der Waals surface area (Å²) in [5, 5.41) is 6.33. The summed E-state index contributed by atoms with van der Waals surface area (Å²) in [5.41, 5.74) is -0.119. The molecule has 1 aliphatic rings. The maximum absolute atomic E-state index is 12.2. The first-order chi connectivity index (χ1) is 9.56. The summed E-state index contributed by atoms with van der Waals surface area (Å²) in [7, 11) is 1.91. The topological polar surface area (TPSA) is 66.9 Å². The molecule has 0 aromatic carbocycles. The molecular formula is C13H18Cl2N4O. The molecule has 0 spiro atoms. The molecule has 110 valence electrons. The third kappa shape index (κ3) is 3.59. The van der Waals surface area contributed by atoms with E-state index in [1.165, 1.54) is 12.7 Å². The molecule has 1 saturated carbocycles. The number of hydrogen-bond donors (Lipinski definition) is 2. The Kier molecular flexibility index (Phi) is 5.18. The summed E-state index contributed by atoms with van der Waals surface area (Å²) < 4.78 is 0. The lowest BCUT2D eigenvalue weighted by atomic mass is 9.79. The van der Waals surface area contributed by atoms with Crippen molar-refractivity contribution in [3.05, 3.63) is 16.5 Å². The Morgan fingerprint density at radius 3 is 2.65 bits per heavy atom. The number of rotatable bonds is 4. The molecule has 0 aliphatic heterocycles. The van der Waals surface area contributed by atoms with Crippen molar-refractivity contribution in [2.45, 2.75) is 44.1 Å². The van der Waals surface area contributed by atoms with Crippen LogP contribution in [0.4, 0.5) is 5.82 Å². The van der Waals surface area contributed by atoms with Gasteiger partial charge >= 0.3 is 0 Å². The molecule has 0 atom stereocenters. The maximum Gasteiger partial charge on any atom is 0.227 e. The van der Waals surface area contributed by atoms with Crippen LogP contribution in [0.5, 0.6) is 0 Å². The van der Waals surface area contributed by atoms with Gasteiger partial charge in [0.15, 0.2) is 11.0 Å². The Balaban J connectivity index is 2.03. The summed E-state index contributed by atoms with van der Waals surface area (Å²) in [6.07, 6.45) is 7.23. The van der Waals surface area contributed by atoms with Gasteiger partial charge in [0.25, 0.3) is 0 Å². The molecule has 2 N–H and O–H groups in total. The molecule has 0 radical (unpaired) electrons. The molecule has 7 heteroatoms. The summed E-state index contributed by atoms with van der Waals surface area (Å²) in [6, 6.07) is 0. The van der Waals surface area contributed by atoms with Crippen LogP contribution in [0.2, 0.25) is 10.2 Å². The van der Waals surface area contributed by atoms with Crippen molar-refractivity contribution in [2.24, 2.45) is 0 Å². The fraction of sp³-hybridized carbons (Fsp3) is 0.615. The van der Waals surface area contributed by atoms with E-state index in [0.717, 1.165) is 25.7 Å². The lowest BCUT2D eigenvalue weighted by Crippen LogP contribution is -2.47. The minimum absolute atomic E-state index is 0.113. The van der Waals surface area contributed by atoms with Gasteiger partial charge in [0.2, 0.25) is 5.91 Å². The van der Waals surface area contributed by atoms with Gasteiger partial charge in [0.1, 0.15) is 11.3 Å². The van der Waals surface area contributed by atoms with Crippen LogP contribution in [0.1, 0.15) is 38.5 Å². The van der Waals surface area contributed by atoms with Crippen molar-refractivity contribution >= 4 is 34.9 Å². The molecule has 1 heterocycles. The number of carbonyl (C=O) groups excluding carboxylic acids is 1. The number of aromatic nitrogens is 2. The van der Waals surface area contributed by atoms with Gasteiger partial charge in [0.05, 0.1) is 0 Å². The van der Waals surface area contributed by atoms with Gasteiger partial charge in [-0.2, -0.15) is 0 Å². The molecule has 1 aliphatic carbocycles. The monoisotopic (exact) mass is 316 g/mol. The van der Waals surface area contributed by atoms with Crippen LogP contribution in [0.25, 0.3) is 0 Å². The van der Waals surface area contributed by atoms with Crippen molar-refractivity contribution in [1.82, 2.24) is 15.3 Å². The molecule has 1 fully saturated rings. The Morgan fingerprint density at radius 2 is 2.00 bits per heavy atom. The van der Waals surface area contributed by atoms with E-state index in [9.17, 15) is 4.79 Å². The van der Waals surface area contributed by atoms with E-state index in [0.29, 0.717) is 6.42 Å². The first-order valence-electron chi connectivity index (χ1n) is 6.71. The van der Waals surface area contributed by atoms with Crippen molar-refractivity contribution in [3.8, 4) is 0 Å². The third-order valence-electron chi connectivity index (χ3n) is 3.84. The largest absolute Gasteiger partial charge is 0.314 e.